The summed E-state index contributed by atoms with van der Waals surface area (Å²) in [6.07, 6.45) is 61.0. The van der Waals surface area contributed by atoms with Crippen LogP contribution in [0.1, 0.15) is 149 Å². The van der Waals surface area contributed by atoms with Gasteiger partial charge in [-0.3, -0.25) is 14.4 Å². The molecule has 0 aromatic carbocycles. The zero-order valence-electron chi connectivity index (χ0n) is 45.2. The van der Waals surface area contributed by atoms with E-state index in [4.69, 9.17) is 23.7 Å². The number of ether oxygens (including phenoxy) is 5. The molecule has 414 valence electrons. The van der Waals surface area contributed by atoms with Crippen LogP contribution in [0.4, 0.5) is 0 Å². The van der Waals surface area contributed by atoms with Crippen molar-refractivity contribution in [2.45, 2.75) is 186 Å². The van der Waals surface area contributed by atoms with Crippen molar-refractivity contribution in [3.63, 3.8) is 0 Å². The summed E-state index contributed by atoms with van der Waals surface area (Å²) in [5.74, 6) is -3.55. The third-order valence-corrected chi connectivity index (χ3v) is 10.8. The van der Waals surface area contributed by atoms with Gasteiger partial charge < -0.3 is 39.0 Å². The summed E-state index contributed by atoms with van der Waals surface area (Å²) in [5, 5.41) is 31.4. The Morgan fingerprint density at radius 3 is 1.23 bits per heavy atom. The van der Waals surface area contributed by atoms with Gasteiger partial charge in [0.2, 0.25) is 0 Å². The highest BCUT2D eigenvalue weighted by Gasteiger charge is 2.50. The first-order valence-corrected chi connectivity index (χ1v) is 27.1. The predicted octanol–water partition coefficient (Wildman–Crippen LogP) is 13.5. The molecule has 1 aliphatic rings. The smallest absolute Gasteiger partial charge is 0.335 e. The number of aliphatic carboxylic acids is 1. The molecule has 0 radical (unpaired) electrons. The Kier molecular flexibility index (Phi) is 43.8. The number of hydrogen-bond acceptors (Lipinski definition) is 11. The minimum absolute atomic E-state index is 0.0433. The predicted molar refractivity (Wildman–Crippen MR) is 302 cm³/mol. The van der Waals surface area contributed by atoms with Crippen LogP contribution in [0.5, 0.6) is 0 Å². The van der Waals surface area contributed by atoms with Crippen molar-refractivity contribution < 1.29 is 58.2 Å². The molecule has 12 heteroatoms. The van der Waals surface area contributed by atoms with E-state index in [1.165, 1.54) is 0 Å². The highest BCUT2D eigenvalue weighted by atomic mass is 16.7. The molecule has 0 saturated carbocycles. The molecule has 0 amide bonds. The SMILES string of the molecule is CC/C=C\C/C=C\C/C=C\C/C=C\C/C=C\CC(=O)OCC(COC1OC(C(=O)O)C(O)C(O)C1OC(=O)C/C=C\C/C=C\C/C=C\C/C=C\C/C=C\CC)OC(=O)CCCC/C=C\C/C=C\C/C=C\C/C=C\CC. The largest absolute Gasteiger partial charge is 0.479 e. The van der Waals surface area contributed by atoms with Crippen LogP contribution in [-0.2, 0) is 42.9 Å². The third-order valence-electron chi connectivity index (χ3n) is 10.8. The van der Waals surface area contributed by atoms with Crippen LogP contribution in [0.3, 0.4) is 0 Å². The van der Waals surface area contributed by atoms with E-state index >= 15 is 0 Å². The first-order valence-electron chi connectivity index (χ1n) is 27.1. The molecule has 1 aliphatic heterocycles. The van der Waals surface area contributed by atoms with Crippen LogP contribution in [0.2, 0.25) is 0 Å². The van der Waals surface area contributed by atoms with E-state index in [0.717, 1.165) is 89.9 Å². The average Bonchev–Trinajstić information content (AvgIpc) is 3.39. The maximum Gasteiger partial charge on any atom is 0.335 e. The van der Waals surface area contributed by atoms with E-state index < -0.39 is 73.9 Å². The topological polar surface area (TPSA) is 175 Å². The maximum atomic E-state index is 13.1. The van der Waals surface area contributed by atoms with Gasteiger partial charge in [-0.1, -0.05) is 191 Å². The van der Waals surface area contributed by atoms with Crippen molar-refractivity contribution in [2.24, 2.45) is 0 Å². The second-order valence-corrected chi connectivity index (χ2v) is 17.4. The van der Waals surface area contributed by atoms with E-state index in [1.54, 1.807) is 18.2 Å². The Morgan fingerprint density at radius 2 is 0.827 bits per heavy atom. The van der Waals surface area contributed by atoms with Gasteiger partial charge in [-0.15, -0.1) is 0 Å². The molecule has 1 heterocycles. The number of aliphatic hydroxyl groups is 2. The lowest BCUT2D eigenvalue weighted by Gasteiger charge is -2.40. The molecular weight excluding hydrogens is 949 g/mol. The molecule has 0 bridgehead atoms. The number of carboxylic acids is 1. The number of aliphatic hydroxyl groups excluding tert-OH is 2. The fourth-order valence-electron chi connectivity index (χ4n) is 6.80. The van der Waals surface area contributed by atoms with E-state index in [2.05, 4.69) is 142 Å². The fourth-order valence-corrected chi connectivity index (χ4v) is 6.80. The van der Waals surface area contributed by atoms with Gasteiger partial charge in [0.25, 0.3) is 0 Å². The van der Waals surface area contributed by atoms with Crippen molar-refractivity contribution in [3.8, 4) is 0 Å². The third kappa shape index (κ3) is 39.2. The monoisotopic (exact) mass is 1040 g/mol. The molecule has 0 aliphatic carbocycles. The van der Waals surface area contributed by atoms with E-state index in [-0.39, 0.29) is 19.3 Å². The first kappa shape index (κ1) is 67.1. The molecule has 0 aromatic rings. The molecule has 1 rings (SSSR count). The second kappa shape index (κ2) is 49.0. The summed E-state index contributed by atoms with van der Waals surface area (Å²) in [4.78, 5) is 50.9. The van der Waals surface area contributed by atoms with Gasteiger partial charge in [-0.25, -0.2) is 4.79 Å². The molecule has 6 unspecified atom stereocenters. The van der Waals surface area contributed by atoms with Crippen molar-refractivity contribution in [3.05, 3.63) is 170 Å². The molecule has 3 N–H and O–H groups in total. The lowest BCUT2D eigenvalue weighted by molar-refractivity contribution is -0.301. The zero-order chi connectivity index (χ0) is 54.7. The molecule has 75 heavy (non-hydrogen) atoms. The number of carbonyl (C=O) groups excluding carboxylic acids is 3. The maximum absolute atomic E-state index is 13.1. The highest BCUT2D eigenvalue weighted by molar-refractivity contribution is 5.74. The Hall–Kier alpha value is -5.92. The van der Waals surface area contributed by atoms with Crippen molar-refractivity contribution >= 4 is 23.9 Å². The Bertz CT molecular complexity index is 1950. The van der Waals surface area contributed by atoms with E-state index in [1.807, 2.05) is 30.4 Å². The molecule has 1 fully saturated rings. The van der Waals surface area contributed by atoms with Gasteiger partial charge in [-0.05, 0) is 109 Å². The summed E-state index contributed by atoms with van der Waals surface area (Å²) in [6, 6.07) is 0. The van der Waals surface area contributed by atoms with Gasteiger partial charge in [0.15, 0.2) is 24.6 Å². The zero-order valence-corrected chi connectivity index (χ0v) is 45.2. The molecular formula is C63H90O12. The molecule has 6 atom stereocenters. The number of carboxylic acid groups (broad SMARTS) is 1. The lowest BCUT2D eigenvalue weighted by atomic mass is 9.98. The van der Waals surface area contributed by atoms with Gasteiger partial charge in [0.05, 0.1) is 19.4 Å². The Morgan fingerprint density at radius 1 is 0.453 bits per heavy atom. The summed E-state index contributed by atoms with van der Waals surface area (Å²) in [5.41, 5.74) is 0. The number of esters is 3. The number of allylic oxidation sites excluding steroid dienone is 26. The Balaban J connectivity index is 2.88. The highest BCUT2D eigenvalue weighted by Crippen LogP contribution is 2.26. The van der Waals surface area contributed by atoms with Crippen LogP contribution in [0.25, 0.3) is 0 Å². The van der Waals surface area contributed by atoms with Gasteiger partial charge in [0, 0.05) is 6.42 Å². The van der Waals surface area contributed by atoms with Crippen LogP contribution >= 0.6 is 0 Å². The molecule has 0 spiro atoms. The first-order chi connectivity index (χ1) is 36.6. The van der Waals surface area contributed by atoms with E-state index in [0.29, 0.717) is 19.3 Å². The number of unbranched alkanes of at least 4 members (excludes halogenated alkanes) is 2. The minimum Gasteiger partial charge on any atom is -0.479 e. The summed E-state index contributed by atoms with van der Waals surface area (Å²) >= 11 is 0. The van der Waals surface area contributed by atoms with Crippen LogP contribution < -0.4 is 0 Å². The number of hydrogen-bond donors (Lipinski definition) is 3. The van der Waals surface area contributed by atoms with Crippen molar-refractivity contribution in [2.75, 3.05) is 13.2 Å². The number of carbonyl (C=O) groups is 4. The Labute approximate surface area is 449 Å². The molecule has 1 saturated heterocycles. The number of rotatable bonds is 42. The van der Waals surface area contributed by atoms with Gasteiger partial charge >= 0.3 is 23.9 Å². The van der Waals surface area contributed by atoms with Crippen LogP contribution in [0.15, 0.2) is 170 Å². The van der Waals surface area contributed by atoms with Gasteiger partial charge in [-0.2, -0.15) is 0 Å². The summed E-state index contributed by atoms with van der Waals surface area (Å²) in [7, 11) is 0. The standard InChI is InChI=1S/C63H90O12/c1-4-7-10-13-16-19-22-25-28-31-34-37-40-43-46-49-55(64)71-52-54(73-56(65)50-47-44-41-38-35-32-29-26-23-20-17-14-11-8-5-2)53-72-63-61(59(68)58(67)60(75-63)62(69)70)74-57(66)51-48-45-42-39-36-33-30-27-24-21-18-15-12-9-6-3/h7-12,16-21,25-30,34-39,43,45-46,48,54,58-61,63,67-68H,4-6,13-15,22-24,31-33,40-42,44,47,49-53H2,1-3H3,(H,69,70)/b10-7-,11-8-,12-9-,19-16-,20-17-,21-18-,28-25-,29-26-,30-27-,37-34-,38-35-,39-36-,46-43-,48-45-. The van der Waals surface area contributed by atoms with Crippen molar-refractivity contribution in [1.29, 1.82) is 0 Å². The average molecular weight is 1040 g/mol. The quantitative estimate of drug-likeness (QED) is 0.0229. The minimum atomic E-state index is -1.96. The normalized spacial score (nSPS) is 19.5. The van der Waals surface area contributed by atoms with Crippen molar-refractivity contribution in [1.82, 2.24) is 0 Å². The van der Waals surface area contributed by atoms with Crippen LogP contribution in [-0.4, -0.2) is 89.2 Å². The van der Waals surface area contributed by atoms with E-state index in [9.17, 15) is 34.5 Å². The van der Waals surface area contributed by atoms with Crippen LogP contribution in [0, 0.1) is 0 Å². The summed E-state index contributed by atoms with van der Waals surface area (Å²) in [6.45, 7) is 5.43. The molecule has 0 aromatic heterocycles. The fraction of sp³-hybridized carbons (Fsp3) is 0.492. The lowest BCUT2D eigenvalue weighted by Crippen LogP contribution is -2.61. The van der Waals surface area contributed by atoms with Gasteiger partial charge in [0.1, 0.15) is 18.8 Å². The second-order valence-electron chi connectivity index (χ2n) is 17.4. The summed E-state index contributed by atoms with van der Waals surface area (Å²) < 4.78 is 28.0. The molecule has 12 nitrogen and oxygen atoms in total.